The molecule has 5 aromatic carbocycles. The van der Waals surface area contributed by atoms with Crippen molar-refractivity contribution in [2.75, 3.05) is 0 Å². The number of aromatic nitrogens is 2. The van der Waals surface area contributed by atoms with Gasteiger partial charge in [0.05, 0.1) is 27.7 Å². The van der Waals surface area contributed by atoms with E-state index in [-0.39, 0.29) is 16.7 Å². The Bertz CT molecular complexity index is 2170. The summed E-state index contributed by atoms with van der Waals surface area (Å²) in [5, 5.41) is 9.67. The van der Waals surface area contributed by atoms with Gasteiger partial charge in [-0.05, 0) is 41.3 Å². The molecule has 0 bridgehead atoms. The molecule has 232 valence electrons. The molecule has 0 unspecified atom stereocenters. The van der Waals surface area contributed by atoms with E-state index >= 15 is 0 Å². The Kier molecular flexibility index (Phi) is 8.97. The van der Waals surface area contributed by atoms with Crippen LogP contribution >= 0.6 is 0 Å². The highest BCUT2D eigenvalue weighted by Gasteiger charge is 2.23. The summed E-state index contributed by atoms with van der Waals surface area (Å²) in [5.41, 5.74) is 3.39. The molecule has 0 saturated carbocycles. The molecule has 1 heterocycles. The Labute approximate surface area is 271 Å². The van der Waals surface area contributed by atoms with Crippen LogP contribution in [0.2, 0.25) is 0 Å². The molecule has 7 heteroatoms. The minimum Gasteiger partial charge on any atom is -0.478 e. The summed E-state index contributed by atoms with van der Waals surface area (Å²) in [5.74, 6) is -1.17. The summed E-state index contributed by atoms with van der Waals surface area (Å²) < 4.78 is 2.00. The van der Waals surface area contributed by atoms with Gasteiger partial charge in [0, 0.05) is 24.1 Å². The number of benzene rings is 4. The number of carbonyl (C=O) groups excluding carboxylic acids is 2. The van der Waals surface area contributed by atoms with Gasteiger partial charge in [0.15, 0.2) is 11.6 Å². The molecule has 0 saturated heterocycles. The second-order valence-electron chi connectivity index (χ2n) is 11.4. The van der Waals surface area contributed by atoms with Gasteiger partial charge in [0.25, 0.3) is 0 Å². The molecule has 1 aromatic heterocycles. The van der Waals surface area contributed by atoms with Gasteiger partial charge in [0.2, 0.25) is 5.43 Å². The molecule has 7 nitrogen and oxygen atoms in total. The summed E-state index contributed by atoms with van der Waals surface area (Å²) in [4.78, 5) is 58.4. The van der Waals surface area contributed by atoms with E-state index in [0.29, 0.717) is 40.7 Å². The van der Waals surface area contributed by atoms with Gasteiger partial charge in [-0.3, -0.25) is 14.4 Å². The summed E-state index contributed by atoms with van der Waals surface area (Å²) in [7, 11) is 0. The van der Waals surface area contributed by atoms with Crippen molar-refractivity contribution in [3.8, 4) is 11.1 Å². The van der Waals surface area contributed by atoms with Crippen LogP contribution < -0.4 is 5.43 Å². The van der Waals surface area contributed by atoms with Gasteiger partial charge in [-0.15, -0.1) is 0 Å². The molecular weight excluding hydrogens is 588 g/mol. The topological polar surface area (TPSA) is 106 Å². The van der Waals surface area contributed by atoms with Crippen LogP contribution in [0.5, 0.6) is 0 Å². The minimum absolute atomic E-state index is 0.103. The van der Waals surface area contributed by atoms with Crippen LogP contribution in [0, 0.1) is 0 Å². The van der Waals surface area contributed by atoms with Gasteiger partial charge in [-0.2, -0.15) is 0 Å². The van der Waals surface area contributed by atoms with Crippen molar-refractivity contribution in [1.82, 2.24) is 9.55 Å². The normalized spacial score (nSPS) is 11.0. The van der Waals surface area contributed by atoms with Crippen molar-refractivity contribution in [3.05, 3.63) is 171 Å². The second-order valence-corrected chi connectivity index (χ2v) is 11.4. The lowest BCUT2D eigenvalue weighted by Crippen LogP contribution is -2.21. The highest BCUT2D eigenvalue weighted by atomic mass is 16.4. The fourth-order valence-corrected chi connectivity index (χ4v) is 5.76. The van der Waals surface area contributed by atoms with Crippen LogP contribution in [0.1, 0.15) is 73.4 Å². The molecule has 0 radical (unpaired) electrons. The van der Waals surface area contributed by atoms with Crippen molar-refractivity contribution in [2.24, 2.45) is 0 Å². The van der Waals surface area contributed by atoms with Gasteiger partial charge in [0.1, 0.15) is 5.82 Å². The molecule has 6 aromatic rings. The SMILES string of the molecule is CCCCc1nc2cc(C(=O)c3ccccc3)c(=O)c(C(=O)c3ccccc3)cc2n1Cc1ccc(-c2ccccc2C(=O)O)cc1. The van der Waals surface area contributed by atoms with Crippen LogP contribution in [0.3, 0.4) is 0 Å². The van der Waals surface area contributed by atoms with Crippen LogP contribution in [0.4, 0.5) is 0 Å². The smallest absolute Gasteiger partial charge is 0.336 e. The molecule has 0 fully saturated rings. The average Bonchev–Trinajstić information content (AvgIpc) is 3.35. The molecule has 47 heavy (non-hydrogen) atoms. The van der Waals surface area contributed by atoms with Crippen molar-refractivity contribution < 1.29 is 19.5 Å². The number of fused-ring (bicyclic) bond motifs is 1. The van der Waals surface area contributed by atoms with Gasteiger partial charge in [-0.25, -0.2) is 9.78 Å². The number of carbonyl (C=O) groups is 3. The monoisotopic (exact) mass is 620 g/mol. The molecule has 1 N–H and O–H groups in total. The maximum Gasteiger partial charge on any atom is 0.336 e. The van der Waals surface area contributed by atoms with Crippen molar-refractivity contribution in [1.29, 1.82) is 0 Å². The van der Waals surface area contributed by atoms with E-state index in [1.165, 1.54) is 6.07 Å². The van der Waals surface area contributed by atoms with E-state index in [9.17, 15) is 24.3 Å². The zero-order valence-corrected chi connectivity index (χ0v) is 25.9. The quantitative estimate of drug-likeness (QED) is 0.149. The summed E-state index contributed by atoms with van der Waals surface area (Å²) >= 11 is 0. The van der Waals surface area contributed by atoms with E-state index in [0.717, 1.165) is 29.8 Å². The first-order valence-electron chi connectivity index (χ1n) is 15.5. The second kappa shape index (κ2) is 13.6. The van der Waals surface area contributed by atoms with Gasteiger partial charge < -0.3 is 9.67 Å². The standard InChI is InChI=1S/C40H32N2O5/c1-2-3-18-36-41-34-23-32(37(43)28-12-6-4-7-13-28)39(45)33(38(44)29-14-8-5-9-15-29)24-35(34)42(36)25-26-19-21-27(22-20-26)30-16-10-11-17-31(30)40(46)47/h4-17,19-24H,2-3,18,25H2,1H3,(H,46,47). The number of carboxylic acids is 1. The maximum absolute atomic E-state index is 14.1. The lowest BCUT2D eigenvalue weighted by Gasteiger charge is -2.11. The zero-order valence-electron chi connectivity index (χ0n) is 25.9. The first-order valence-corrected chi connectivity index (χ1v) is 15.5. The molecule has 0 amide bonds. The van der Waals surface area contributed by atoms with Crippen molar-refractivity contribution in [2.45, 2.75) is 32.7 Å². The summed E-state index contributed by atoms with van der Waals surface area (Å²) in [6.07, 6.45) is 2.47. The number of aryl methyl sites for hydroxylation is 1. The number of imidazole rings is 1. The summed E-state index contributed by atoms with van der Waals surface area (Å²) in [6.45, 7) is 2.48. The third-order valence-corrected chi connectivity index (χ3v) is 8.24. The Hall–Kier alpha value is -5.95. The first-order chi connectivity index (χ1) is 22.9. The Morgan fingerprint density at radius 2 is 1.28 bits per heavy atom. The molecular formula is C40H32N2O5. The predicted octanol–water partition coefficient (Wildman–Crippen LogP) is 7.61. The summed E-state index contributed by atoms with van der Waals surface area (Å²) in [6, 6.07) is 34.7. The van der Waals surface area contributed by atoms with Crippen LogP contribution in [0.25, 0.3) is 22.2 Å². The number of aromatic carboxylic acids is 1. The van der Waals surface area contributed by atoms with E-state index in [4.69, 9.17) is 4.98 Å². The van der Waals surface area contributed by atoms with Gasteiger partial charge in [-0.1, -0.05) is 116 Å². The maximum atomic E-state index is 14.1. The number of rotatable bonds is 11. The minimum atomic E-state index is -0.994. The number of carboxylic acid groups (broad SMARTS) is 1. The molecule has 0 atom stereocenters. The van der Waals surface area contributed by atoms with Crippen LogP contribution in [-0.4, -0.2) is 32.2 Å². The first kappa shape index (κ1) is 31.0. The molecule has 0 aliphatic heterocycles. The predicted molar refractivity (Wildman–Crippen MR) is 182 cm³/mol. The number of nitrogens with zero attached hydrogens (tertiary/aromatic N) is 2. The Morgan fingerprint density at radius 3 is 1.87 bits per heavy atom. The van der Waals surface area contributed by atoms with E-state index in [1.54, 1.807) is 84.9 Å². The third kappa shape index (κ3) is 6.42. The van der Waals surface area contributed by atoms with Crippen LogP contribution in [0.15, 0.2) is 126 Å². The zero-order chi connectivity index (χ0) is 32.9. The molecule has 6 rings (SSSR count). The van der Waals surface area contributed by atoms with Crippen LogP contribution in [-0.2, 0) is 13.0 Å². The largest absolute Gasteiger partial charge is 0.478 e. The number of ketones is 2. The van der Waals surface area contributed by atoms with E-state index in [2.05, 4.69) is 6.92 Å². The Balaban J connectivity index is 1.52. The Morgan fingerprint density at radius 1 is 0.702 bits per heavy atom. The number of unbranched alkanes of at least 4 members (excludes halogenated alkanes) is 1. The molecule has 0 aliphatic rings. The third-order valence-electron chi connectivity index (χ3n) is 8.24. The lowest BCUT2D eigenvalue weighted by atomic mass is 9.98. The van der Waals surface area contributed by atoms with Crippen molar-refractivity contribution in [3.63, 3.8) is 0 Å². The van der Waals surface area contributed by atoms with E-state index < -0.39 is 23.0 Å². The molecule has 0 aliphatic carbocycles. The highest BCUT2D eigenvalue weighted by molar-refractivity contribution is 6.14. The molecule has 0 spiro atoms. The number of hydrogen-bond acceptors (Lipinski definition) is 5. The highest BCUT2D eigenvalue weighted by Crippen LogP contribution is 2.26. The number of hydrogen-bond donors (Lipinski definition) is 1. The lowest BCUT2D eigenvalue weighted by molar-refractivity contribution is 0.0697. The van der Waals surface area contributed by atoms with Crippen molar-refractivity contribution >= 4 is 28.6 Å². The van der Waals surface area contributed by atoms with Gasteiger partial charge >= 0.3 is 5.97 Å². The fourth-order valence-electron chi connectivity index (χ4n) is 5.76. The fraction of sp³-hybridized carbons (Fsp3) is 0.125. The van der Waals surface area contributed by atoms with E-state index in [1.807, 2.05) is 34.9 Å². The average molecular weight is 621 g/mol.